The van der Waals surface area contributed by atoms with Crippen LogP contribution in [0.4, 0.5) is 5.69 Å². The number of rotatable bonds is 5. The first-order valence-electron chi connectivity index (χ1n) is 5.19. The van der Waals surface area contributed by atoms with Crippen molar-refractivity contribution in [2.75, 3.05) is 11.9 Å². The molecule has 1 aromatic rings. The second kappa shape index (κ2) is 4.82. The number of nitrogens with zero attached hydrogens (tertiary/aromatic N) is 1. The minimum atomic E-state index is -0.507. The van der Waals surface area contributed by atoms with Crippen LogP contribution >= 0.6 is 27.5 Å². The van der Waals surface area contributed by atoms with Crippen molar-refractivity contribution in [3.63, 3.8) is 0 Å². The van der Waals surface area contributed by atoms with Crippen molar-refractivity contribution in [3.8, 4) is 5.75 Å². The van der Waals surface area contributed by atoms with Gasteiger partial charge in [0, 0.05) is 22.9 Å². The molecule has 0 saturated heterocycles. The number of benzene rings is 1. The van der Waals surface area contributed by atoms with E-state index in [1.54, 1.807) is 6.07 Å². The summed E-state index contributed by atoms with van der Waals surface area (Å²) >= 11 is 9.25. The first-order chi connectivity index (χ1) is 8.06. The van der Waals surface area contributed by atoms with Gasteiger partial charge >= 0.3 is 0 Å². The number of hydrogen-bond donors (Lipinski definition) is 0. The standard InChI is InChI=1S/C11H11BrClNO3/c12-6-11(3-4-11)7-17-8-1-2-10(14(15)16)9(13)5-8/h1-2,5H,3-4,6-7H2. The van der Waals surface area contributed by atoms with E-state index in [0.29, 0.717) is 12.4 Å². The molecule has 1 aromatic carbocycles. The summed E-state index contributed by atoms with van der Waals surface area (Å²) in [5.74, 6) is 0.577. The molecule has 6 heteroatoms. The zero-order valence-corrected chi connectivity index (χ0v) is 11.3. The molecule has 0 amide bonds. The van der Waals surface area contributed by atoms with Gasteiger partial charge in [-0.3, -0.25) is 10.1 Å². The van der Waals surface area contributed by atoms with Gasteiger partial charge in [0.05, 0.1) is 11.5 Å². The molecular formula is C11H11BrClNO3. The summed E-state index contributed by atoms with van der Waals surface area (Å²) in [4.78, 5) is 10.1. The maximum atomic E-state index is 10.6. The first-order valence-corrected chi connectivity index (χ1v) is 6.69. The van der Waals surface area contributed by atoms with Crippen LogP contribution in [-0.2, 0) is 0 Å². The van der Waals surface area contributed by atoms with Crippen molar-refractivity contribution in [2.45, 2.75) is 12.8 Å². The summed E-state index contributed by atoms with van der Waals surface area (Å²) in [5, 5.41) is 11.6. The highest BCUT2D eigenvalue weighted by molar-refractivity contribution is 9.09. The number of nitro groups is 1. The summed E-state index contributed by atoms with van der Waals surface area (Å²) in [6.45, 7) is 0.617. The van der Waals surface area contributed by atoms with Crippen molar-refractivity contribution in [2.24, 2.45) is 5.41 Å². The number of ether oxygens (including phenoxy) is 1. The Balaban J connectivity index is 2.03. The van der Waals surface area contributed by atoms with Crippen LogP contribution in [-0.4, -0.2) is 16.9 Å². The van der Waals surface area contributed by atoms with Crippen LogP contribution in [0.2, 0.25) is 5.02 Å². The summed E-state index contributed by atoms with van der Waals surface area (Å²) in [5.41, 5.74) is 0.148. The van der Waals surface area contributed by atoms with Crippen molar-refractivity contribution >= 4 is 33.2 Å². The van der Waals surface area contributed by atoms with Gasteiger partial charge in [0.15, 0.2) is 0 Å². The molecule has 0 aromatic heterocycles. The van der Waals surface area contributed by atoms with Crippen molar-refractivity contribution < 1.29 is 9.66 Å². The molecule has 17 heavy (non-hydrogen) atoms. The molecule has 92 valence electrons. The lowest BCUT2D eigenvalue weighted by Crippen LogP contribution is -2.14. The highest BCUT2D eigenvalue weighted by atomic mass is 79.9. The molecule has 4 nitrogen and oxygen atoms in total. The Kier molecular flexibility index (Phi) is 3.58. The molecule has 1 aliphatic rings. The second-order valence-electron chi connectivity index (χ2n) is 4.29. The molecule has 0 N–H and O–H groups in total. The third kappa shape index (κ3) is 2.90. The monoisotopic (exact) mass is 319 g/mol. The lowest BCUT2D eigenvalue weighted by molar-refractivity contribution is -0.384. The Bertz CT molecular complexity index is 448. The molecule has 0 aliphatic heterocycles. The van der Waals surface area contributed by atoms with Crippen molar-refractivity contribution in [1.29, 1.82) is 0 Å². The predicted octanol–water partition coefficient (Wildman–Crippen LogP) is 3.80. The van der Waals surface area contributed by atoms with Gasteiger partial charge in [0.2, 0.25) is 0 Å². The largest absolute Gasteiger partial charge is 0.493 e. The quantitative estimate of drug-likeness (QED) is 0.471. The number of nitro benzene ring substituents is 1. The molecule has 1 saturated carbocycles. The average Bonchev–Trinajstić information content (AvgIpc) is 3.07. The predicted molar refractivity (Wildman–Crippen MR) is 69.1 cm³/mol. The van der Waals surface area contributed by atoms with E-state index in [1.807, 2.05) is 0 Å². The maximum Gasteiger partial charge on any atom is 0.288 e. The summed E-state index contributed by atoms with van der Waals surface area (Å²) < 4.78 is 5.60. The van der Waals surface area contributed by atoms with Gasteiger partial charge in [0.1, 0.15) is 10.8 Å². The fraction of sp³-hybridized carbons (Fsp3) is 0.455. The van der Waals surface area contributed by atoms with Gasteiger partial charge in [-0.1, -0.05) is 27.5 Å². The smallest absolute Gasteiger partial charge is 0.288 e. The van der Waals surface area contributed by atoms with Crippen molar-refractivity contribution in [3.05, 3.63) is 33.3 Å². The van der Waals surface area contributed by atoms with E-state index in [0.717, 1.165) is 18.2 Å². The van der Waals surface area contributed by atoms with Crippen LogP contribution in [0.5, 0.6) is 5.75 Å². The van der Waals surface area contributed by atoms with Crippen LogP contribution in [0.3, 0.4) is 0 Å². The van der Waals surface area contributed by atoms with E-state index in [9.17, 15) is 10.1 Å². The summed E-state index contributed by atoms with van der Waals surface area (Å²) in [7, 11) is 0. The van der Waals surface area contributed by atoms with Gasteiger partial charge in [0.25, 0.3) is 5.69 Å². The van der Waals surface area contributed by atoms with Gasteiger partial charge in [-0.2, -0.15) is 0 Å². The number of alkyl halides is 1. The zero-order chi connectivity index (χ0) is 12.5. The van der Waals surface area contributed by atoms with Crippen LogP contribution in [0, 0.1) is 15.5 Å². The maximum absolute atomic E-state index is 10.6. The normalized spacial score (nSPS) is 16.6. The molecule has 0 spiro atoms. The average molecular weight is 321 g/mol. The lowest BCUT2D eigenvalue weighted by atomic mass is 10.2. The number of halogens is 2. The molecule has 1 aliphatic carbocycles. The van der Waals surface area contributed by atoms with Gasteiger partial charge < -0.3 is 4.74 Å². The second-order valence-corrected chi connectivity index (χ2v) is 5.26. The molecule has 0 atom stereocenters. The Labute approximate surface area is 112 Å². The minimum absolute atomic E-state index is 0.0966. The van der Waals surface area contributed by atoms with Gasteiger partial charge in [-0.15, -0.1) is 0 Å². The molecule has 0 radical (unpaired) electrons. The number of hydrogen-bond acceptors (Lipinski definition) is 3. The molecule has 0 unspecified atom stereocenters. The Morgan fingerprint density at radius 1 is 1.53 bits per heavy atom. The van der Waals surface area contributed by atoms with Crippen LogP contribution in [0.15, 0.2) is 18.2 Å². The van der Waals surface area contributed by atoms with Crippen LogP contribution in [0.1, 0.15) is 12.8 Å². The van der Waals surface area contributed by atoms with E-state index < -0.39 is 4.92 Å². The fourth-order valence-corrected chi connectivity index (χ4v) is 2.42. The highest BCUT2D eigenvalue weighted by Gasteiger charge is 2.42. The summed E-state index contributed by atoms with van der Waals surface area (Å²) in [6.07, 6.45) is 2.30. The zero-order valence-electron chi connectivity index (χ0n) is 8.99. The summed E-state index contributed by atoms with van der Waals surface area (Å²) in [6, 6.07) is 4.43. The van der Waals surface area contributed by atoms with Crippen LogP contribution < -0.4 is 4.74 Å². The topological polar surface area (TPSA) is 52.4 Å². The molecular weight excluding hydrogens is 309 g/mol. The highest BCUT2D eigenvalue weighted by Crippen LogP contribution is 2.47. The SMILES string of the molecule is O=[N+]([O-])c1ccc(OCC2(CBr)CC2)cc1Cl. The minimum Gasteiger partial charge on any atom is -0.493 e. The third-order valence-electron chi connectivity index (χ3n) is 2.90. The molecule has 0 bridgehead atoms. The molecule has 1 fully saturated rings. The van der Waals surface area contributed by atoms with E-state index >= 15 is 0 Å². The molecule has 2 rings (SSSR count). The third-order valence-corrected chi connectivity index (χ3v) is 4.39. The Hall–Kier alpha value is -0.810. The van der Waals surface area contributed by atoms with Gasteiger partial charge in [-0.05, 0) is 18.9 Å². The fourth-order valence-electron chi connectivity index (χ4n) is 1.46. The molecule has 0 heterocycles. The van der Waals surface area contributed by atoms with Gasteiger partial charge in [-0.25, -0.2) is 0 Å². The Morgan fingerprint density at radius 2 is 2.24 bits per heavy atom. The van der Waals surface area contributed by atoms with E-state index in [1.165, 1.54) is 12.1 Å². The Morgan fingerprint density at radius 3 is 2.71 bits per heavy atom. The van der Waals surface area contributed by atoms with Crippen molar-refractivity contribution in [1.82, 2.24) is 0 Å². The lowest BCUT2D eigenvalue weighted by Gasteiger charge is -2.13. The van der Waals surface area contributed by atoms with Crippen LogP contribution in [0.25, 0.3) is 0 Å². The van der Waals surface area contributed by atoms with E-state index in [2.05, 4.69) is 15.9 Å². The van der Waals surface area contributed by atoms with E-state index in [-0.39, 0.29) is 16.1 Å². The first kappa shape index (κ1) is 12.6. The van der Waals surface area contributed by atoms with E-state index in [4.69, 9.17) is 16.3 Å².